The number of rotatable bonds is 4. The van der Waals surface area contributed by atoms with Gasteiger partial charge in [0.1, 0.15) is 5.75 Å². The predicted octanol–water partition coefficient (Wildman–Crippen LogP) is 0.930. The number of amides is 2. The van der Waals surface area contributed by atoms with Crippen molar-refractivity contribution in [2.24, 2.45) is 0 Å². The van der Waals surface area contributed by atoms with Gasteiger partial charge in [0.05, 0.1) is 13.7 Å². The van der Waals surface area contributed by atoms with Crippen LogP contribution in [0.5, 0.6) is 5.75 Å². The molecule has 0 saturated carbocycles. The lowest BCUT2D eigenvalue weighted by Gasteiger charge is -2.18. The van der Waals surface area contributed by atoms with Crippen molar-refractivity contribution in [1.29, 1.82) is 0 Å². The molecule has 1 N–H and O–H groups in total. The summed E-state index contributed by atoms with van der Waals surface area (Å²) in [5.74, 6) is 0.732. The van der Waals surface area contributed by atoms with E-state index in [9.17, 15) is 4.79 Å². The zero-order valence-electron chi connectivity index (χ0n) is 9.80. The summed E-state index contributed by atoms with van der Waals surface area (Å²) in [6.45, 7) is 1.68. The fourth-order valence-electron chi connectivity index (χ4n) is 1.93. The van der Waals surface area contributed by atoms with E-state index < -0.39 is 0 Å². The number of nitrogens with zero attached hydrogens (tertiary/aromatic N) is 2. The number of carbonyl (C=O) groups is 1. The summed E-state index contributed by atoms with van der Waals surface area (Å²) in [7, 11) is 1.60. The maximum atomic E-state index is 12.0. The van der Waals surface area contributed by atoms with E-state index in [1.54, 1.807) is 16.9 Å². The summed E-state index contributed by atoms with van der Waals surface area (Å²) in [4.78, 5) is 15.3. The average Bonchev–Trinajstić information content (AvgIpc) is 2.72. The van der Waals surface area contributed by atoms with Gasteiger partial charge in [0, 0.05) is 31.4 Å². The van der Waals surface area contributed by atoms with E-state index >= 15 is 0 Å². The molecule has 1 aliphatic rings. The van der Waals surface area contributed by atoms with Gasteiger partial charge in [-0.05, 0) is 12.1 Å². The number of aliphatic hydroxyl groups excluding tert-OH is 1. The maximum Gasteiger partial charge on any atom is 0.324 e. The smallest absolute Gasteiger partial charge is 0.324 e. The number of methoxy groups -OCH3 is 1. The number of hydrogen-bond donors (Lipinski definition) is 1. The third-order valence-electron chi connectivity index (χ3n) is 2.83. The highest BCUT2D eigenvalue weighted by atomic mass is 16.5. The lowest BCUT2D eigenvalue weighted by molar-refractivity contribution is 0.199. The van der Waals surface area contributed by atoms with Crippen LogP contribution in [-0.4, -0.2) is 49.4 Å². The number of ether oxygens (including phenoxy) is 1. The Labute approximate surface area is 100 Å². The molecule has 0 unspecified atom stereocenters. The molecule has 5 heteroatoms. The summed E-state index contributed by atoms with van der Waals surface area (Å²) in [6.07, 6.45) is 0. The van der Waals surface area contributed by atoms with Gasteiger partial charge in [-0.1, -0.05) is 6.07 Å². The van der Waals surface area contributed by atoms with Crippen molar-refractivity contribution < 1.29 is 14.6 Å². The summed E-state index contributed by atoms with van der Waals surface area (Å²) in [5.41, 5.74) is 0.829. The second-order valence-electron chi connectivity index (χ2n) is 3.85. The van der Waals surface area contributed by atoms with Gasteiger partial charge in [-0.25, -0.2) is 4.79 Å². The first-order chi connectivity index (χ1) is 8.26. The van der Waals surface area contributed by atoms with Gasteiger partial charge in [-0.15, -0.1) is 0 Å². The number of anilines is 1. The van der Waals surface area contributed by atoms with Crippen LogP contribution in [0.2, 0.25) is 0 Å². The third kappa shape index (κ3) is 2.34. The Morgan fingerprint density at radius 2 is 2.24 bits per heavy atom. The Kier molecular flexibility index (Phi) is 3.49. The number of aliphatic hydroxyl groups is 1. The molecule has 2 rings (SSSR count). The Balaban J connectivity index is 2.15. The van der Waals surface area contributed by atoms with Crippen LogP contribution < -0.4 is 9.64 Å². The first-order valence-electron chi connectivity index (χ1n) is 5.57. The van der Waals surface area contributed by atoms with E-state index in [1.807, 2.05) is 24.3 Å². The first kappa shape index (κ1) is 11.7. The van der Waals surface area contributed by atoms with Crippen LogP contribution in [0.4, 0.5) is 10.5 Å². The van der Waals surface area contributed by atoms with Crippen molar-refractivity contribution >= 4 is 11.7 Å². The van der Waals surface area contributed by atoms with Gasteiger partial charge in [0.2, 0.25) is 0 Å². The van der Waals surface area contributed by atoms with Gasteiger partial charge in [-0.2, -0.15) is 0 Å². The highest BCUT2D eigenvalue weighted by Crippen LogP contribution is 2.24. The highest BCUT2D eigenvalue weighted by molar-refractivity contribution is 5.94. The largest absolute Gasteiger partial charge is 0.497 e. The van der Waals surface area contributed by atoms with Gasteiger partial charge < -0.3 is 14.7 Å². The molecule has 1 aliphatic heterocycles. The van der Waals surface area contributed by atoms with E-state index in [0.29, 0.717) is 19.6 Å². The minimum Gasteiger partial charge on any atom is -0.497 e. The molecule has 1 aromatic rings. The Morgan fingerprint density at radius 1 is 1.41 bits per heavy atom. The van der Waals surface area contributed by atoms with E-state index in [4.69, 9.17) is 9.84 Å². The van der Waals surface area contributed by atoms with E-state index in [2.05, 4.69) is 0 Å². The van der Waals surface area contributed by atoms with Gasteiger partial charge in [-0.3, -0.25) is 4.90 Å². The van der Waals surface area contributed by atoms with E-state index in [1.165, 1.54) is 0 Å². The minimum absolute atomic E-state index is 0.00229. The minimum atomic E-state index is -0.0627. The fourth-order valence-corrected chi connectivity index (χ4v) is 1.93. The molecule has 0 bridgehead atoms. The highest BCUT2D eigenvalue weighted by Gasteiger charge is 2.28. The average molecular weight is 236 g/mol. The first-order valence-corrected chi connectivity index (χ1v) is 5.57. The van der Waals surface area contributed by atoms with Crippen molar-refractivity contribution in [3.05, 3.63) is 24.3 Å². The van der Waals surface area contributed by atoms with Crippen LogP contribution in [0.1, 0.15) is 0 Å². The van der Waals surface area contributed by atoms with E-state index in [-0.39, 0.29) is 12.6 Å². The van der Waals surface area contributed by atoms with Gasteiger partial charge in [0.25, 0.3) is 0 Å². The standard InChI is InChI=1S/C12H16N2O3/c1-17-11-4-2-3-10(9-11)14-6-5-13(7-8-15)12(14)16/h2-4,9,15H,5-8H2,1H3. The Hall–Kier alpha value is -1.75. The topological polar surface area (TPSA) is 53.0 Å². The quantitative estimate of drug-likeness (QED) is 0.846. The van der Waals surface area contributed by atoms with Crippen LogP contribution in [0.25, 0.3) is 0 Å². The zero-order valence-corrected chi connectivity index (χ0v) is 9.80. The molecule has 1 saturated heterocycles. The van der Waals surface area contributed by atoms with Crippen LogP contribution in [0.15, 0.2) is 24.3 Å². The zero-order chi connectivity index (χ0) is 12.3. The number of hydrogen-bond acceptors (Lipinski definition) is 3. The van der Waals surface area contributed by atoms with Gasteiger partial charge in [0.15, 0.2) is 0 Å². The molecule has 0 spiro atoms. The second-order valence-corrected chi connectivity index (χ2v) is 3.85. The maximum absolute atomic E-state index is 12.0. The molecular formula is C12H16N2O3. The van der Waals surface area contributed by atoms with E-state index in [0.717, 1.165) is 11.4 Å². The monoisotopic (exact) mass is 236 g/mol. The molecule has 0 atom stereocenters. The number of urea groups is 1. The summed E-state index contributed by atoms with van der Waals surface area (Å²) < 4.78 is 5.13. The van der Waals surface area contributed by atoms with Crippen molar-refractivity contribution in [1.82, 2.24) is 4.90 Å². The van der Waals surface area contributed by atoms with Crippen LogP contribution in [-0.2, 0) is 0 Å². The van der Waals surface area contributed by atoms with Crippen LogP contribution in [0, 0.1) is 0 Å². The van der Waals surface area contributed by atoms with Crippen molar-refractivity contribution in [3.8, 4) is 5.75 Å². The molecule has 2 amide bonds. The van der Waals surface area contributed by atoms with Crippen molar-refractivity contribution in [3.63, 3.8) is 0 Å². The van der Waals surface area contributed by atoms with Gasteiger partial charge >= 0.3 is 6.03 Å². The van der Waals surface area contributed by atoms with Crippen molar-refractivity contribution in [2.45, 2.75) is 0 Å². The van der Waals surface area contributed by atoms with Crippen molar-refractivity contribution in [2.75, 3.05) is 38.3 Å². The molecule has 1 heterocycles. The predicted molar refractivity (Wildman–Crippen MR) is 64.4 cm³/mol. The second kappa shape index (κ2) is 5.05. The molecule has 0 aliphatic carbocycles. The summed E-state index contributed by atoms with van der Waals surface area (Å²) in [6, 6.07) is 7.35. The summed E-state index contributed by atoms with van der Waals surface area (Å²) in [5, 5.41) is 8.85. The molecule has 0 radical (unpaired) electrons. The Morgan fingerprint density at radius 3 is 2.94 bits per heavy atom. The molecule has 92 valence electrons. The molecule has 5 nitrogen and oxygen atoms in total. The molecule has 17 heavy (non-hydrogen) atoms. The van der Waals surface area contributed by atoms with Crippen LogP contribution >= 0.6 is 0 Å². The lowest BCUT2D eigenvalue weighted by atomic mass is 10.3. The Bertz CT molecular complexity index is 408. The normalized spacial score (nSPS) is 15.5. The fraction of sp³-hybridized carbons (Fsp3) is 0.417. The molecule has 1 aromatic carbocycles. The lowest BCUT2D eigenvalue weighted by Crippen LogP contribution is -2.33. The van der Waals surface area contributed by atoms with Crippen LogP contribution in [0.3, 0.4) is 0 Å². The molecule has 1 fully saturated rings. The summed E-state index contributed by atoms with van der Waals surface area (Å²) >= 11 is 0. The number of carbonyl (C=O) groups excluding carboxylic acids is 1. The number of β-amino-alcohol motifs (C(OH)–C–C–N with tert-alkyl or cyclic N) is 1. The molecular weight excluding hydrogens is 220 g/mol. The SMILES string of the molecule is COc1cccc(N2CCN(CCO)C2=O)c1. The number of benzene rings is 1. The molecule has 0 aromatic heterocycles. The third-order valence-corrected chi connectivity index (χ3v) is 2.83.